The van der Waals surface area contributed by atoms with Crippen molar-refractivity contribution in [2.45, 2.75) is 30.9 Å². The van der Waals surface area contributed by atoms with Crippen molar-refractivity contribution in [2.24, 2.45) is 7.05 Å². The average molecular weight is 387 g/mol. The second kappa shape index (κ2) is 7.51. The molecule has 1 aromatic rings. The summed E-state index contributed by atoms with van der Waals surface area (Å²) in [5.74, 6) is -3.09. The summed E-state index contributed by atoms with van der Waals surface area (Å²) in [5, 5.41) is 6.74. The predicted octanol–water partition coefficient (Wildman–Crippen LogP) is 1.33. The number of nitrogens with zero attached hydrogens (tertiary/aromatic N) is 3. The first-order valence-electron chi connectivity index (χ1n) is 7.32. The number of morpholine rings is 1. The van der Waals surface area contributed by atoms with Crippen molar-refractivity contribution in [1.29, 1.82) is 0 Å². The molecule has 1 aromatic heterocycles. The molecule has 6 nitrogen and oxygen atoms in total. The number of aryl methyl sites for hydroxylation is 1. The Kier molecular flexibility index (Phi) is 6.60. The Morgan fingerprint density at radius 1 is 1.46 bits per heavy atom. The number of ether oxygens (including phenoxy) is 1. The molecule has 24 heavy (non-hydrogen) atoms. The Morgan fingerprint density at radius 3 is 2.71 bits per heavy atom. The normalized spacial score (nSPS) is 28.8. The van der Waals surface area contributed by atoms with Gasteiger partial charge in [0.05, 0.1) is 31.9 Å². The molecular weight excluding hydrogens is 365 g/mol. The maximum Gasteiger partial charge on any atom is 0.262 e. The second-order valence-electron chi connectivity index (χ2n) is 6.24. The third kappa shape index (κ3) is 4.17. The maximum absolute atomic E-state index is 13.3. The summed E-state index contributed by atoms with van der Waals surface area (Å²) < 4.78 is 34.0. The lowest BCUT2D eigenvalue weighted by Gasteiger charge is -2.40. The number of aromatic nitrogens is 2. The molecule has 3 rings (SSSR count). The zero-order chi connectivity index (χ0) is 16.0. The van der Waals surface area contributed by atoms with E-state index in [9.17, 15) is 13.6 Å². The van der Waals surface area contributed by atoms with Gasteiger partial charge in [-0.2, -0.15) is 5.10 Å². The molecule has 0 radical (unpaired) electrons. The monoisotopic (exact) mass is 386 g/mol. The predicted molar refractivity (Wildman–Crippen MR) is 88.9 cm³/mol. The fraction of sp³-hybridized carbons (Fsp3) is 0.714. The van der Waals surface area contributed by atoms with Crippen molar-refractivity contribution >= 4 is 30.7 Å². The van der Waals surface area contributed by atoms with E-state index in [1.807, 2.05) is 20.2 Å². The van der Waals surface area contributed by atoms with E-state index in [0.29, 0.717) is 19.7 Å². The largest absolute Gasteiger partial charge is 0.367 e. The summed E-state index contributed by atoms with van der Waals surface area (Å²) in [4.78, 5) is 14.1. The Balaban J connectivity index is 0.00000144. The van der Waals surface area contributed by atoms with E-state index in [2.05, 4.69) is 10.4 Å². The summed E-state index contributed by atoms with van der Waals surface area (Å²) in [5.41, 5.74) is 0.209. The van der Waals surface area contributed by atoms with Gasteiger partial charge in [-0.25, -0.2) is 8.78 Å². The molecule has 0 bridgehead atoms. The fourth-order valence-corrected chi connectivity index (χ4v) is 3.04. The topological polar surface area (TPSA) is 59.4 Å². The van der Waals surface area contributed by atoms with Gasteiger partial charge in [-0.1, -0.05) is 0 Å². The van der Waals surface area contributed by atoms with Gasteiger partial charge in [-0.05, 0) is 6.92 Å². The van der Waals surface area contributed by atoms with Crippen LogP contribution in [0.5, 0.6) is 0 Å². The standard InChI is InChI=1S/C14H20F2N4O2.2ClH/c1-13(10-6-18-19(2)7-10)9-20(3-4-22-13)12(21)11-5-14(15,16)8-17-11;;/h6-7,11,17H,3-5,8-9H2,1-2H3;2*1H. The second-order valence-corrected chi connectivity index (χ2v) is 6.24. The van der Waals surface area contributed by atoms with Crippen LogP contribution < -0.4 is 5.32 Å². The van der Waals surface area contributed by atoms with Gasteiger partial charge in [0.25, 0.3) is 5.92 Å². The Morgan fingerprint density at radius 2 is 2.17 bits per heavy atom. The first-order valence-corrected chi connectivity index (χ1v) is 7.32. The first-order chi connectivity index (χ1) is 10.3. The number of hydrogen-bond acceptors (Lipinski definition) is 4. The molecule has 3 heterocycles. The van der Waals surface area contributed by atoms with Crippen molar-refractivity contribution in [3.63, 3.8) is 0 Å². The van der Waals surface area contributed by atoms with Gasteiger partial charge in [0.15, 0.2) is 0 Å². The first kappa shape index (κ1) is 21.1. The van der Waals surface area contributed by atoms with Gasteiger partial charge in [0.2, 0.25) is 5.91 Å². The highest BCUT2D eigenvalue weighted by molar-refractivity contribution is 5.85. The minimum absolute atomic E-state index is 0. The number of alkyl halides is 2. The molecule has 2 fully saturated rings. The molecule has 0 aromatic carbocycles. The van der Waals surface area contributed by atoms with Gasteiger partial charge in [-0.3, -0.25) is 14.8 Å². The number of amides is 1. The SMILES string of the molecule is Cl.Cl.Cn1cc(C2(C)CN(C(=O)C3CC(F)(F)CN3)CCO2)cn1. The summed E-state index contributed by atoms with van der Waals surface area (Å²) >= 11 is 0. The van der Waals surface area contributed by atoms with Crippen molar-refractivity contribution in [1.82, 2.24) is 20.0 Å². The van der Waals surface area contributed by atoms with Gasteiger partial charge in [0, 0.05) is 31.8 Å². The molecule has 2 saturated heterocycles. The van der Waals surface area contributed by atoms with E-state index in [1.54, 1.807) is 15.8 Å². The minimum atomic E-state index is -2.81. The Labute approximate surface area is 151 Å². The Bertz CT molecular complexity index is 587. The van der Waals surface area contributed by atoms with Crippen LogP contribution in [0.4, 0.5) is 8.78 Å². The van der Waals surface area contributed by atoms with Crippen LogP contribution in [-0.2, 0) is 22.2 Å². The summed E-state index contributed by atoms with van der Waals surface area (Å²) in [7, 11) is 1.81. The third-order valence-corrected chi connectivity index (χ3v) is 4.31. The van der Waals surface area contributed by atoms with Crippen LogP contribution in [0.1, 0.15) is 18.9 Å². The molecule has 10 heteroatoms. The van der Waals surface area contributed by atoms with Crippen LogP contribution in [0.25, 0.3) is 0 Å². The number of carbonyl (C=O) groups excluding carboxylic acids is 1. The highest BCUT2D eigenvalue weighted by Gasteiger charge is 2.45. The van der Waals surface area contributed by atoms with Gasteiger partial charge >= 0.3 is 0 Å². The van der Waals surface area contributed by atoms with Crippen LogP contribution in [0, 0.1) is 0 Å². The molecule has 2 aliphatic rings. The van der Waals surface area contributed by atoms with Crippen LogP contribution >= 0.6 is 24.8 Å². The lowest BCUT2D eigenvalue weighted by molar-refractivity contribution is -0.151. The molecule has 138 valence electrons. The van der Waals surface area contributed by atoms with Crippen molar-refractivity contribution in [3.8, 4) is 0 Å². The van der Waals surface area contributed by atoms with Crippen molar-refractivity contribution < 1.29 is 18.3 Å². The van der Waals surface area contributed by atoms with Crippen molar-refractivity contribution in [2.75, 3.05) is 26.2 Å². The minimum Gasteiger partial charge on any atom is -0.367 e. The maximum atomic E-state index is 13.3. The van der Waals surface area contributed by atoms with Crippen LogP contribution in [-0.4, -0.2) is 58.8 Å². The van der Waals surface area contributed by atoms with E-state index in [0.717, 1.165) is 5.56 Å². The van der Waals surface area contributed by atoms with E-state index in [4.69, 9.17) is 4.74 Å². The quantitative estimate of drug-likeness (QED) is 0.832. The number of hydrogen-bond donors (Lipinski definition) is 1. The number of halogens is 4. The number of rotatable bonds is 2. The van der Waals surface area contributed by atoms with Gasteiger partial charge in [0.1, 0.15) is 5.60 Å². The van der Waals surface area contributed by atoms with Crippen LogP contribution in [0.2, 0.25) is 0 Å². The molecule has 1 amide bonds. The molecule has 1 N–H and O–H groups in total. The molecule has 0 aliphatic carbocycles. The molecule has 2 atom stereocenters. The van der Waals surface area contributed by atoms with E-state index in [-0.39, 0.29) is 30.7 Å². The van der Waals surface area contributed by atoms with E-state index in [1.165, 1.54) is 0 Å². The molecule has 2 aliphatic heterocycles. The zero-order valence-electron chi connectivity index (χ0n) is 13.5. The fourth-order valence-electron chi connectivity index (χ4n) is 3.04. The smallest absolute Gasteiger partial charge is 0.262 e. The number of nitrogens with one attached hydrogen (secondary N) is 1. The molecule has 0 spiro atoms. The lowest BCUT2D eigenvalue weighted by Crippen LogP contribution is -2.54. The van der Waals surface area contributed by atoms with Crippen LogP contribution in [0.3, 0.4) is 0 Å². The van der Waals surface area contributed by atoms with E-state index < -0.39 is 30.5 Å². The van der Waals surface area contributed by atoms with Gasteiger partial charge < -0.3 is 9.64 Å². The van der Waals surface area contributed by atoms with Gasteiger partial charge in [-0.15, -0.1) is 24.8 Å². The van der Waals surface area contributed by atoms with Crippen LogP contribution in [0.15, 0.2) is 12.4 Å². The highest BCUT2D eigenvalue weighted by Crippen LogP contribution is 2.31. The summed E-state index contributed by atoms with van der Waals surface area (Å²) in [6.45, 7) is 2.58. The third-order valence-electron chi connectivity index (χ3n) is 4.31. The highest BCUT2D eigenvalue weighted by atomic mass is 35.5. The zero-order valence-corrected chi connectivity index (χ0v) is 15.1. The van der Waals surface area contributed by atoms with E-state index >= 15 is 0 Å². The summed E-state index contributed by atoms with van der Waals surface area (Å²) in [6, 6.07) is -0.814. The Hall–Kier alpha value is -0.960. The summed E-state index contributed by atoms with van der Waals surface area (Å²) in [6.07, 6.45) is 3.11. The molecule has 0 saturated carbocycles. The molecule has 2 unspecified atom stereocenters. The average Bonchev–Trinajstić information content (AvgIpc) is 3.04. The number of carbonyl (C=O) groups is 1. The van der Waals surface area contributed by atoms with Crippen molar-refractivity contribution in [3.05, 3.63) is 18.0 Å². The lowest BCUT2D eigenvalue weighted by atomic mass is 9.96. The molecular formula is C14H22Cl2F2N4O2.